The van der Waals surface area contributed by atoms with Gasteiger partial charge in [-0.3, -0.25) is 37.3 Å². The van der Waals surface area contributed by atoms with E-state index in [9.17, 15) is 43.2 Å². The van der Waals surface area contributed by atoms with Crippen molar-refractivity contribution in [2.24, 2.45) is 17.8 Å². The molecule has 2 unspecified atom stereocenters. The van der Waals surface area contributed by atoms with E-state index in [1.165, 1.54) is 199 Å². The molecule has 0 aromatic carbocycles. The van der Waals surface area contributed by atoms with Gasteiger partial charge < -0.3 is 33.8 Å². The molecule has 17 nitrogen and oxygen atoms in total. The Labute approximate surface area is 588 Å². The number of unbranched alkanes of at least 4 members (excludes halogenated alkanes) is 43. The van der Waals surface area contributed by atoms with Crippen LogP contribution in [0.15, 0.2) is 0 Å². The standard InChI is InChI=1S/C77H150O17P2/c1-8-9-10-11-12-13-14-15-16-17-18-19-20-21-22-23-24-27-31-37-46-53-60-76(81)93-72(64-87-74(79)58-51-44-36-30-28-25-26-29-34-41-48-55-68(2)3)66-91-95(83,84)89-62-71(78)63-90-96(85,86)92-67-73(65-88-75(80)59-52-45-40-39-43-50-57-70(6)7)94-77(82)61-54-47-38-33-32-35-42-49-56-69(4)5/h68-73,78H,8-67H2,1-7H3,(H,83,84)(H,85,86)/t71-,72-,73-/m1/s1. The van der Waals surface area contributed by atoms with Crippen LogP contribution in [0.5, 0.6) is 0 Å². The van der Waals surface area contributed by atoms with Gasteiger partial charge in [-0.1, -0.05) is 344 Å². The molecule has 0 fully saturated rings. The van der Waals surface area contributed by atoms with Crippen LogP contribution in [0.4, 0.5) is 0 Å². The minimum atomic E-state index is -4.96. The molecule has 0 aliphatic heterocycles. The largest absolute Gasteiger partial charge is 0.472 e. The smallest absolute Gasteiger partial charge is 0.462 e. The molecular weight excluding hydrogens is 1260 g/mol. The zero-order valence-electron chi connectivity index (χ0n) is 62.8. The molecule has 570 valence electrons. The van der Waals surface area contributed by atoms with E-state index in [2.05, 4.69) is 48.5 Å². The van der Waals surface area contributed by atoms with E-state index in [-0.39, 0.29) is 25.7 Å². The van der Waals surface area contributed by atoms with Crippen LogP contribution in [0.2, 0.25) is 0 Å². The van der Waals surface area contributed by atoms with E-state index in [1.807, 2.05) is 0 Å². The Hall–Kier alpha value is -1.94. The summed E-state index contributed by atoms with van der Waals surface area (Å²) in [5.74, 6) is 0.0458. The Morgan fingerprint density at radius 2 is 0.479 bits per heavy atom. The highest BCUT2D eigenvalue weighted by Gasteiger charge is 2.30. The summed E-state index contributed by atoms with van der Waals surface area (Å²) in [5.41, 5.74) is 0. The molecule has 0 radical (unpaired) electrons. The SMILES string of the molecule is CCCCCCCCCCCCCCCCCCCCCCCCC(=O)O[C@H](COC(=O)CCCCCCCCCCCCCC(C)C)COP(=O)(O)OC[C@@H](O)COP(=O)(O)OC[C@@H](COC(=O)CCCCCCCCC(C)C)OC(=O)CCCCCCCCCCC(C)C. The summed E-state index contributed by atoms with van der Waals surface area (Å²) in [6, 6.07) is 0. The molecule has 0 amide bonds. The Kier molecular flexibility index (Phi) is 66.2. The van der Waals surface area contributed by atoms with E-state index in [4.69, 9.17) is 37.0 Å². The molecule has 0 rings (SSSR count). The summed E-state index contributed by atoms with van der Waals surface area (Å²) in [4.78, 5) is 72.7. The average molecular weight is 1410 g/mol. The monoisotopic (exact) mass is 1410 g/mol. The van der Waals surface area contributed by atoms with Crippen LogP contribution >= 0.6 is 15.6 Å². The second-order valence-electron chi connectivity index (χ2n) is 29.2. The highest BCUT2D eigenvalue weighted by Crippen LogP contribution is 2.45. The summed E-state index contributed by atoms with van der Waals surface area (Å²) in [6.45, 7) is 11.8. The van der Waals surface area contributed by atoms with Crippen LogP contribution in [0, 0.1) is 17.8 Å². The number of aliphatic hydroxyl groups is 1. The molecule has 0 saturated carbocycles. The highest BCUT2D eigenvalue weighted by atomic mass is 31.2. The van der Waals surface area contributed by atoms with Gasteiger partial charge in [-0.15, -0.1) is 0 Å². The van der Waals surface area contributed by atoms with Crippen LogP contribution in [0.25, 0.3) is 0 Å². The molecule has 3 N–H and O–H groups in total. The van der Waals surface area contributed by atoms with Gasteiger partial charge in [0.1, 0.15) is 19.3 Å². The number of hydrogen-bond donors (Lipinski definition) is 3. The van der Waals surface area contributed by atoms with Crippen molar-refractivity contribution in [1.29, 1.82) is 0 Å². The maximum atomic E-state index is 13.1. The molecular formula is C77H150O17P2. The lowest BCUT2D eigenvalue weighted by atomic mass is 10.0. The lowest BCUT2D eigenvalue weighted by Crippen LogP contribution is -2.30. The van der Waals surface area contributed by atoms with Crippen molar-refractivity contribution < 1.29 is 80.2 Å². The quantitative estimate of drug-likeness (QED) is 0.0222. The lowest BCUT2D eigenvalue weighted by Gasteiger charge is -2.21. The summed E-state index contributed by atoms with van der Waals surface area (Å²) < 4.78 is 68.5. The number of aliphatic hydroxyl groups excluding tert-OH is 1. The number of carbonyl (C=O) groups is 4. The molecule has 0 spiro atoms. The fraction of sp³-hybridized carbons (Fsp3) is 0.948. The predicted molar refractivity (Wildman–Crippen MR) is 391 cm³/mol. The molecule has 0 aromatic rings. The first-order chi connectivity index (χ1) is 46.2. The molecule has 0 aliphatic carbocycles. The first-order valence-corrected chi connectivity index (χ1v) is 42.8. The second-order valence-corrected chi connectivity index (χ2v) is 32.1. The van der Waals surface area contributed by atoms with Crippen molar-refractivity contribution in [3.05, 3.63) is 0 Å². The van der Waals surface area contributed by atoms with E-state index >= 15 is 0 Å². The fourth-order valence-electron chi connectivity index (χ4n) is 11.8. The van der Waals surface area contributed by atoms with E-state index in [0.717, 1.165) is 108 Å². The molecule has 0 heterocycles. The number of phosphoric ester groups is 2. The topological polar surface area (TPSA) is 237 Å². The zero-order valence-corrected chi connectivity index (χ0v) is 64.6. The molecule has 5 atom stereocenters. The first kappa shape index (κ1) is 94.1. The first-order valence-electron chi connectivity index (χ1n) is 39.8. The normalized spacial score (nSPS) is 14.1. The number of phosphoric acid groups is 2. The summed E-state index contributed by atoms with van der Waals surface area (Å²) in [5, 5.41) is 10.6. The third-order valence-electron chi connectivity index (χ3n) is 17.9. The summed E-state index contributed by atoms with van der Waals surface area (Å²) in [6.07, 6.45) is 54.6. The van der Waals surface area contributed by atoms with Gasteiger partial charge in [0.15, 0.2) is 12.2 Å². The van der Waals surface area contributed by atoms with Gasteiger partial charge in [0.05, 0.1) is 26.4 Å². The Bertz CT molecular complexity index is 1870. The third-order valence-corrected chi connectivity index (χ3v) is 19.8. The molecule has 0 bridgehead atoms. The minimum Gasteiger partial charge on any atom is -0.462 e. The number of carbonyl (C=O) groups excluding carboxylic acids is 4. The van der Waals surface area contributed by atoms with Crippen LogP contribution in [0.3, 0.4) is 0 Å². The number of esters is 4. The van der Waals surface area contributed by atoms with E-state index in [0.29, 0.717) is 31.6 Å². The molecule has 0 aliphatic rings. The van der Waals surface area contributed by atoms with Crippen molar-refractivity contribution in [2.45, 2.75) is 414 Å². The van der Waals surface area contributed by atoms with E-state index in [1.54, 1.807) is 0 Å². The van der Waals surface area contributed by atoms with Gasteiger partial charge in [0.25, 0.3) is 0 Å². The van der Waals surface area contributed by atoms with Crippen molar-refractivity contribution in [3.8, 4) is 0 Å². The third kappa shape index (κ3) is 70.5. The number of hydrogen-bond acceptors (Lipinski definition) is 15. The number of rotatable bonds is 75. The van der Waals surface area contributed by atoms with Crippen molar-refractivity contribution >= 4 is 39.5 Å². The Morgan fingerprint density at radius 3 is 0.708 bits per heavy atom. The maximum Gasteiger partial charge on any atom is 0.472 e. The van der Waals surface area contributed by atoms with Crippen LogP contribution in [0.1, 0.15) is 395 Å². The Balaban J connectivity index is 5.18. The summed E-state index contributed by atoms with van der Waals surface area (Å²) in [7, 11) is -9.91. The van der Waals surface area contributed by atoms with Gasteiger partial charge in [-0.2, -0.15) is 0 Å². The molecule has 96 heavy (non-hydrogen) atoms. The molecule has 0 aromatic heterocycles. The van der Waals surface area contributed by atoms with Crippen molar-refractivity contribution in [1.82, 2.24) is 0 Å². The predicted octanol–water partition coefficient (Wildman–Crippen LogP) is 22.6. The minimum absolute atomic E-state index is 0.103. The lowest BCUT2D eigenvalue weighted by molar-refractivity contribution is -0.161. The fourth-order valence-corrected chi connectivity index (χ4v) is 13.4. The van der Waals surface area contributed by atoms with Crippen molar-refractivity contribution in [3.63, 3.8) is 0 Å². The summed E-state index contributed by atoms with van der Waals surface area (Å²) >= 11 is 0. The highest BCUT2D eigenvalue weighted by molar-refractivity contribution is 7.47. The average Bonchev–Trinajstić information content (AvgIpc) is 1.39. The van der Waals surface area contributed by atoms with Gasteiger partial charge >= 0.3 is 39.5 Å². The van der Waals surface area contributed by atoms with Gasteiger partial charge in [-0.05, 0) is 43.4 Å². The maximum absolute atomic E-state index is 13.1. The van der Waals surface area contributed by atoms with Crippen LogP contribution in [-0.2, 0) is 65.4 Å². The van der Waals surface area contributed by atoms with Crippen LogP contribution < -0.4 is 0 Å². The zero-order chi connectivity index (χ0) is 70.9. The second kappa shape index (κ2) is 67.5. The van der Waals surface area contributed by atoms with Gasteiger partial charge in [0.2, 0.25) is 0 Å². The molecule has 19 heteroatoms. The van der Waals surface area contributed by atoms with E-state index < -0.39 is 97.5 Å². The van der Waals surface area contributed by atoms with Gasteiger partial charge in [-0.25, -0.2) is 9.13 Å². The number of ether oxygens (including phenoxy) is 4. The van der Waals surface area contributed by atoms with Gasteiger partial charge in [0, 0.05) is 25.7 Å². The Morgan fingerprint density at radius 1 is 0.281 bits per heavy atom. The van der Waals surface area contributed by atoms with Crippen molar-refractivity contribution in [2.75, 3.05) is 39.6 Å². The van der Waals surface area contributed by atoms with Crippen LogP contribution in [-0.4, -0.2) is 96.7 Å². The molecule has 0 saturated heterocycles.